The largest absolute Gasteiger partial charge is 0.497 e. The molecule has 0 radical (unpaired) electrons. The van der Waals surface area contributed by atoms with Crippen LogP contribution in [-0.4, -0.2) is 44.2 Å². The Bertz CT molecular complexity index is 2140. The maximum atomic E-state index is 13.3. The number of benzene rings is 5. The first-order valence-electron chi connectivity index (χ1n) is 25.5. The molecule has 0 aliphatic heterocycles. The monoisotopic (exact) mass is 957 g/mol. The standard InChI is InChI=1S/C59H72O11/c1-4-6-8-10-12-14-16-18-20-22-40-65-49-32-36-53(37-33-49)67-56(60)45-24-28-51(29-25-45)69-58(62)47-42-48(44-55(43-47)64-3)59(63)70-52-30-26-46(27-31-52)57(61)68-54-38-34-50(35-39-54)66-41-23-21-19-17-15-13-11-9-7-5-2/h24-39,42-44H,4-23,40-41H2,1-3H3. The number of esters is 4. The Morgan fingerprint density at radius 2 is 0.557 bits per heavy atom. The maximum Gasteiger partial charge on any atom is 0.343 e. The van der Waals surface area contributed by atoms with Gasteiger partial charge in [0.15, 0.2) is 0 Å². The minimum Gasteiger partial charge on any atom is -0.497 e. The SMILES string of the molecule is CCCCCCCCCCCCOc1ccc(OC(=O)c2ccc(OC(=O)c3cc(OC)cc(C(=O)Oc4ccc(C(=O)Oc5ccc(OCCCCCCCCCCCC)cc5)cc4)c3)cc2)cc1. The molecule has 0 bridgehead atoms. The summed E-state index contributed by atoms with van der Waals surface area (Å²) in [4.78, 5) is 52.3. The average Bonchev–Trinajstić information content (AvgIpc) is 3.38. The summed E-state index contributed by atoms with van der Waals surface area (Å²) in [6, 6.07) is 29.9. The van der Waals surface area contributed by atoms with E-state index in [-0.39, 0.29) is 39.5 Å². The van der Waals surface area contributed by atoms with Crippen LogP contribution in [-0.2, 0) is 0 Å². The van der Waals surface area contributed by atoms with Crippen LogP contribution < -0.4 is 33.2 Å². The summed E-state index contributed by atoms with van der Waals surface area (Å²) in [7, 11) is 1.40. The molecule has 374 valence electrons. The Balaban J connectivity index is 1.01. The molecule has 5 aromatic rings. The summed E-state index contributed by atoms with van der Waals surface area (Å²) in [5.41, 5.74) is 0.556. The minimum absolute atomic E-state index is 0.0254. The molecule has 0 unspecified atom stereocenters. The molecule has 0 fully saturated rings. The Morgan fingerprint density at radius 3 is 0.857 bits per heavy atom. The second kappa shape index (κ2) is 31.5. The van der Waals surface area contributed by atoms with E-state index in [0.29, 0.717) is 36.2 Å². The van der Waals surface area contributed by atoms with Crippen molar-refractivity contribution < 1.29 is 52.3 Å². The summed E-state index contributed by atoms with van der Waals surface area (Å²) in [5, 5.41) is 0. The van der Waals surface area contributed by atoms with Crippen LogP contribution >= 0.6 is 0 Å². The molecule has 70 heavy (non-hydrogen) atoms. The molecule has 0 amide bonds. The van der Waals surface area contributed by atoms with Gasteiger partial charge in [-0.15, -0.1) is 0 Å². The zero-order valence-electron chi connectivity index (χ0n) is 41.5. The topological polar surface area (TPSA) is 133 Å². The van der Waals surface area contributed by atoms with Gasteiger partial charge >= 0.3 is 23.9 Å². The fourth-order valence-electron chi connectivity index (χ4n) is 7.70. The average molecular weight is 957 g/mol. The smallest absolute Gasteiger partial charge is 0.343 e. The molecule has 11 nitrogen and oxygen atoms in total. The molecule has 0 spiro atoms. The molecule has 0 saturated heterocycles. The Kier molecular flexibility index (Phi) is 24.4. The first-order valence-corrected chi connectivity index (χ1v) is 25.5. The van der Waals surface area contributed by atoms with E-state index in [1.54, 1.807) is 48.5 Å². The molecule has 11 heteroatoms. The van der Waals surface area contributed by atoms with Crippen molar-refractivity contribution in [2.24, 2.45) is 0 Å². The van der Waals surface area contributed by atoms with Crippen molar-refractivity contribution in [3.05, 3.63) is 138 Å². The Hall–Kier alpha value is -6.62. The van der Waals surface area contributed by atoms with Gasteiger partial charge < -0.3 is 33.2 Å². The third-order valence-electron chi connectivity index (χ3n) is 11.8. The first-order chi connectivity index (χ1) is 34.2. The third kappa shape index (κ3) is 20.2. The highest BCUT2D eigenvalue weighted by Gasteiger charge is 2.19. The van der Waals surface area contributed by atoms with Crippen molar-refractivity contribution in [3.8, 4) is 40.2 Å². The number of carbonyl (C=O) groups excluding carboxylic acids is 4. The lowest BCUT2D eigenvalue weighted by atomic mass is 10.1. The quantitative estimate of drug-likeness (QED) is 0.0226. The summed E-state index contributed by atoms with van der Waals surface area (Å²) < 4.78 is 39.3. The number of unbranched alkanes of at least 4 members (excludes halogenated alkanes) is 18. The van der Waals surface area contributed by atoms with Gasteiger partial charge in [-0.1, -0.05) is 129 Å². The van der Waals surface area contributed by atoms with Gasteiger partial charge in [-0.05, 0) is 128 Å². The molecular weight excluding hydrogens is 885 g/mol. The summed E-state index contributed by atoms with van der Waals surface area (Å²) in [5.74, 6) is 0.0164. The van der Waals surface area contributed by atoms with Gasteiger partial charge in [0.1, 0.15) is 40.2 Å². The first kappa shape index (κ1) is 54.3. The van der Waals surface area contributed by atoms with Crippen LogP contribution in [0.2, 0.25) is 0 Å². The van der Waals surface area contributed by atoms with E-state index in [2.05, 4.69) is 13.8 Å². The number of hydrogen-bond acceptors (Lipinski definition) is 11. The van der Waals surface area contributed by atoms with Crippen LogP contribution in [0.5, 0.6) is 40.2 Å². The molecular formula is C59H72O11. The molecule has 0 heterocycles. The van der Waals surface area contributed by atoms with E-state index in [9.17, 15) is 19.2 Å². The molecule has 0 aromatic heterocycles. The normalized spacial score (nSPS) is 10.8. The number of ether oxygens (including phenoxy) is 7. The van der Waals surface area contributed by atoms with Gasteiger partial charge in [0, 0.05) is 0 Å². The van der Waals surface area contributed by atoms with Crippen molar-refractivity contribution >= 4 is 23.9 Å². The fraction of sp³-hybridized carbons (Fsp3) is 0.424. The number of hydrogen-bond donors (Lipinski definition) is 0. The van der Waals surface area contributed by atoms with Gasteiger partial charge in [0.25, 0.3) is 0 Å². The fourth-order valence-corrected chi connectivity index (χ4v) is 7.70. The molecule has 0 N–H and O–H groups in total. The zero-order valence-corrected chi connectivity index (χ0v) is 41.5. The molecule has 0 atom stereocenters. The molecule has 5 aromatic carbocycles. The molecule has 0 saturated carbocycles. The minimum atomic E-state index is -0.770. The lowest BCUT2D eigenvalue weighted by molar-refractivity contribution is 0.0722. The van der Waals surface area contributed by atoms with E-state index in [1.807, 2.05) is 0 Å². The maximum absolute atomic E-state index is 13.3. The summed E-state index contributed by atoms with van der Waals surface area (Å²) in [6.07, 6.45) is 25.2. The second-order valence-electron chi connectivity index (χ2n) is 17.6. The van der Waals surface area contributed by atoms with Crippen LogP contribution in [0.1, 0.15) is 184 Å². The van der Waals surface area contributed by atoms with E-state index in [4.69, 9.17) is 33.2 Å². The Labute approximate surface area is 415 Å². The van der Waals surface area contributed by atoms with Crippen LogP contribution in [0.4, 0.5) is 0 Å². The lowest BCUT2D eigenvalue weighted by Crippen LogP contribution is -2.14. The van der Waals surface area contributed by atoms with E-state index in [0.717, 1.165) is 25.7 Å². The van der Waals surface area contributed by atoms with Crippen LogP contribution in [0, 0.1) is 0 Å². The summed E-state index contributed by atoms with van der Waals surface area (Å²) >= 11 is 0. The predicted molar refractivity (Wildman–Crippen MR) is 273 cm³/mol. The lowest BCUT2D eigenvalue weighted by Gasteiger charge is -2.10. The highest BCUT2D eigenvalue weighted by Crippen LogP contribution is 2.25. The zero-order chi connectivity index (χ0) is 49.6. The van der Waals surface area contributed by atoms with E-state index < -0.39 is 23.9 Å². The van der Waals surface area contributed by atoms with Gasteiger partial charge in [0.05, 0.1) is 42.6 Å². The van der Waals surface area contributed by atoms with E-state index >= 15 is 0 Å². The molecule has 0 aliphatic carbocycles. The highest BCUT2D eigenvalue weighted by atomic mass is 16.5. The van der Waals surface area contributed by atoms with Crippen LogP contribution in [0.25, 0.3) is 0 Å². The van der Waals surface area contributed by atoms with Gasteiger partial charge in [0.2, 0.25) is 0 Å². The van der Waals surface area contributed by atoms with Crippen molar-refractivity contribution in [2.45, 2.75) is 142 Å². The Morgan fingerprint density at radius 1 is 0.300 bits per heavy atom. The van der Waals surface area contributed by atoms with Crippen molar-refractivity contribution in [3.63, 3.8) is 0 Å². The van der Waals surface area contributed by atoms with Crippen molar-refractivity contribution in [2.75, 3.05) is 20.3 Å². The highest BCUT2D eigenvalue weighted by molar-refractivity contribution is 5.98. The van der Waals surface area contributed by atoms with Gasteiger partial charge in [-0.2, -0.15) is 0 Å². The summed E-state index contributed by atoms with van der Waals surface area (Å²) in [6.45, 7) is 5.77. The van der Waals surface area contributed by atoms with E-state index in [1.165, 1.54) is 177 Å². The number of carbonyl (C=O) groups is 4. The van der Waals surface area contributed by atoms with Crippen molar-refractivity contribution in [1.29, 1.82) is 0 Å². The van der Waals surface area contributed by atoms with Crippen LogP contribution in [0.15, 0.2) is 115 Å². The number of rotatable bonds is 33. The number of methoxy groups -OCH3 is 1. The second-order valence-corrected chi connectivity index (χ2v) is 17.6. The van der Waals surface area contributed by atoms with Gasteiger partial charge in [-0.25, -0.2) is 19.2 Å². The van der Waals surface area contributed by atoms with Crippen LogP contribution in [0.3, 0.4) is 0 Å². The molecule has 0 aliphatic rings. The predicted octanol–water partition coefficient (Wildman–Crippen LogP) is 15.2. The third-order valence-corrected chi connectivity index (χ3v) is 11.8. The van der Waals surface area contributed by atoms with Crippen molar-refractivity contribution in [1.82, 2.24) is 0 Å². The van der Waals surface area contributed by atoms with Gasteiger partial charge in [-0.3, -0.25) is 0 Å². The molecule has 5 rings (SSSR count).